The minimum absolute atomic E-state index is 0.0407. The third-order valence-electron chi connectivity index (χ3n) is 7.31. The number of nitrogens with one attached hydrogen (secondary N) is 1. The zero-order chi connectivity index (χ0) is 28.5. The maximum atomic E-state index is 4.96. The average Bonchev–Trinajstić information content (AvgIpc) is 2.87. The second-order valence-electron chi connectivity index (χ2n) is 11.5. The predicted octanol–water partition coefficient (Wildman–Crippen LogP) is 7.24. The molecule has 1 aromatic carbocycles. The number of allylic oxidation sites excluding steroid dienone is 6. The maximum absolute atomic E-state index is 4.96. The SMILES string of the molecule is C=CNc1c(C(C)=NCCN2CCN(/C(C)=C/C=C(/C)C(C(C)=NC)=C(C)C)CC2)cccc1C(C)(C)C. The fourth-order valence-electron chi connectivity index (χ4n) is 5.09. The van der Waals surface area contributed by atoms with Gasteiger partial charge < -0.3 is 10.2 Å². The summed E-state index contributed by atoms with van der Waals surface area (Å²) in [5.41, 5.74) is 10.9. The number of para-hydroxylation sites is 1. The summed E-state index contributed by atoms with van der Waals surface area (Å²) in [6, 6.07) is 6.48. The van der Waals surface area contributed by atoms with Crippen LogP contribution in [0.15, 0.2) is 75.5 Å². The molecular weight excluding hydrogens is 466 g/mol. The number of rotatable bonds is 10. The van der Waals surface area contributed by atoms with Crippen molar-refractivity contribution >= 4 is 17.1 Å². The van der Waals surface area contributed by atoms with Crippen molar-refractivity contribution in [2.45, 2.75) is 67.7 Å². The van der Waals surface area contributed by atoms with Crippen LogP contribution in [0.3, 0.4) is 0 Å². The van der Waals surface area contributed by atoms with Gasteiger partial charge in [0, 0.05) is 62.5 Å². The van der Waals surface area contributed by atoms with Crippen LogP contribution in [0.5, 0.6) is 0 Å². The van der Waals surface area contributed by atoms with Gasteiger partial charge in [-0.15, -0.1) is 0 Å². The van der Waals surface area contributed by atoms with E-state index in [0.29, 0.717) is 0 Å². The molecule has 0 aromatic heterocycles. The van der Waals surface area contributed by atoms with Crippen LogP contribution in [0, 0.1) is 0 Å². The van der Waals surface area contributed by atoms with Gasteiger partial charge in [-0.3, -0.25) is 14.9 Å². The van der Waals surface area contributed by atoms with Crippen LogP contribution in [0.1, 0.15) is 73.4 Å². The molecule has 0 saturated carbocycles. The minimum atomic E-state index is 0.0407. The second-order valence-corrected chi connectivity index (χ2v) is 11.5. The van der Waals surface area contributed by atoms with E-state index in [1.165, 1.54) is 28.0 Å². The molecule has 5 heteroatoms. The number of piperazine rings is 1. The Morgan fingerprint density at radius 1 is 1.00 bits per heavy atom. The Bertz CT molecular complexity index is 1110. The van der Waals surface area contributed by atoms with Crippen LogP contribution in [-0.2, 0) is 5.41 Å². The van der Waals surface area contributed by atoms with Crippen LogP contribution >= 0.6 is 0 Å². The summed E-state index contributed by atoms with van der Waals surface area (Å²) in [5.74, 6) is 0. The van der Waals surface area contributed by atoms with Crippen LogP contribution in [-0.4, -0.2) is 67.5 Å². The molecule has 1 N–H and O–H groups in total. The summed E-state index contributed by atoms with van der Waals surface area (Å²) >= 11 is 0. The first-order valence-corrected chi connectivity index (χ1v) is 13.9. The summed E-state index contributed by atoms with van der Waals surface area (Å²) in [4.78, 5) is 14.4. The van der Waals surface area contributed by atoms with Crippen LogP contribution in [0.2, 0.25) is 0 Å². The zero-order valence-electron chi connectivity index (χ0n) is 25.7. The zero-order valence-corrected chi connectivity index (χ0v) is 25.7. The van der Waals surface area contributed by atoms with E-state index in [1.807, 2.05) is 7.05 Å². The Balaban J connectivity index is 1.99. The number of nitrogens with zero attached hydrogens (tertiary/aromatic N) is 4. The van der Waals surface area contributed by atoms with Crippen molar-refractivity contribution < 1.29 is 0 Å². The molecule has 0 amide bonds. The molecule has 0 radical (unpaired) electrons. The Kier molecular flexibility index (Phi) is 11.8. The number of benzene rings is 1. The van der Waals surface area contributed by atoms with E-state index in [-0.39, 0.29) is 5.41 Å². The summed E-state index contributed by atoms with van der Waals surface area (Å²) < 4.78 is 0. The van der Waals surface area contributed by atoms with Crippen molar-refractivity contribution in [3.05, 3.63) is 76.7 Å². The number of aliphatic imine (C=N–C) groups is 2. The molecule has 2 rings (SSSR count). The summed E-state index contributed by atoms with van der Waals surface area (Å²) in [5, 5.41) is 3.37. The summed E-state index contributed by atoms with van der Waals surface area (Å²) in [7, 11) is 1.86. The molecule has 1 fully saturated rings. The molecule has 1 aliphatic heterocycles. The lowest BCUT2D eigenvalue weighted by molar-refractivity contribution is 0.163. The summed E-state index contributed by atoms with van der Waals surface area (Å²) in [6.07, 6.45) is 6.25. The molecule has 1 heterocycles. The van der Waals surface area contributed by atoms with Gasteiger partial charge in [0.15, 0.2) is 0 Å². The second kappa shape index (κ2) is 14.3. The fraction of sp³-hybridized carbons (Fsp3) is 0.515. The highest BCUT2D eigenvalue weighted by molar-refractivity contribution is 6.04. The Morgan fingerprint density at radius 2 is 1.66 bits per heavy atom. The van der Waals surface area contributed by atoms with Gasteiger partial charge in [0.05, 0.1) is 12.2 Å². The molecule has 0 atom stereocenters. The molecular formula is C33H51N5. The van der Waals surface area contributed by atoms with Gasteiger partial charge in [0.25, 0.3) is 0 Å². The standard InChI is InChI=1S/C33H51N5/c1-12-35-32-29(14-13-15-30(32)33(8,9)10)27(6)36-18-19-37-20-22-38(23-21-37)26(5)17-16-25(4)31(24(2)3)28(7)34-11/h12-17,35H,1,18-23H2,2-11H3/b25-16-,26-17+,34-28?,36-27?. The first-order chi connectivity index (χ1) is 17.9. The lowest BCUT2D eigenvalue weighted by atomic mass is 9.84. The van der Waals surface area contributed by atoms with Gasteiger partial charge in [-0.1, -0.05) is 57.2 Å². The van der Waals surface area contributed by atoms with Gasteiger partial charge in [-0.2, -0.15) is 0 Å². The summed E-state index contributed by atoms with van der Waals surface area (Å²) in [6.45, 7) is 29.5. The number of hydrogen-bond acceptors (Lipinski definition) is 5. The molecule has 0 aliphatic carbocycles. The molecule has 1 aliphatic rings. The highest BCUT2D eigenvalue weighted by Gasteiger charge is 2.21. The van der Waals surface area contributed by atoms with E-state index in [2.05, 4.69) is 119 Å². The maximum Gasteiger partial charge on any atom is 0.0520 e. The van der Waals surface area contributed by atoms with E-state index < -0.39 is 0 Å². The van der Waals surface area contributed by atoms with Gasteiger partial charge in [0.1, 0.15) is 0 Å². The third-order valence-corrected chi connectivity index (χ3v) is 7.31. The molecule has 0 bridgehead atoms. The van der Waals surface area contributed by atoms with Gasteiger partial charge >= 0.3 is 0 Å². The first-order valence-electron chi connectivity index (χ1n) is 13.9. The quantitative estimate of drug-likeness (QED) is 0.263. The highest BCUT2D eigenvalue weighted by atomic mass is 15.3. The Labute approximate surface area is 232 Å². The monoisotopic (exact) mass is 517 g/mol. The first kappa shape index (κ1) is 31.3. The van der Waals surface area contributed by atoms with Gasteiger partial charge in [-0.25, -0.2) is 0 Å². The smallest absolute Gasteiger partial charge is 0.0520 e. The van der Waals surface area contributed by atoms with E-state index in [1.54, 1.807) is 6.20 Å². The normalized spacial score (nSPS) is 16.5. The molecule has 208 valence electrons. The topological polar surface area (TPSA) is 43.2 Å². The van der Waals surface area contributed by atoms with Crippen molar-refractivity contribution in [2.75, 3.05) is 51.6 Å². The Hall–Kier alpha value is -2.92. The lowest BCUT2D eigenvalue weighted by Gasteiger charge is -2.36. The Morgan fingerprint density at radius 3 is 2.21 bits per heavy atom. The molecule has 1 aromatic rings. The van der Waals surface area contributed by atoms with Crippen LogP contribution in [0.4, 0.5) is 5.69 Å². The third kappa shape index (κ3) is 8.56. The lowest BCUT2D eigenvalue weighted by Crippen LogP contribution is -2.46. The van der Waals surface area contributed by atoms with Crippen molar-refractivity contribution in [1.29, 1.82) is 0 Å². The van der Waals surface area contributed by atoms with Crippen LogP contribution < -0.4 is 5.32 Å². The van der Waals surface area contributed by atoms with Crippen molar-refractivity contribution in [3.63, 3.8) is 0 Å². The predicted molar refractivity (Wildman–Crippen MR) is 169 cm³/mol. The minimum Gasteiger partial charge on any atom is -0.372 e. The van der Waals surface area contributed by atoms with Gasteiger partial charge in [0.2, 0.25) is 0 Å². The average molecular weight is 518 g/mol. The van der Waals surface area contributed by atoms with E-state index in [4.69, 9.17) is 4.99 Å². The highest BCUT2D eigenvalue weighted by Crippen LogP contribution is 2.32. The number of anilines is 1. The molecule has 0 spiro atoms. The largest absolute Gasteiger partial charge is 0.372 e. The number of hydrogen-bond donors (Lipinski definition) is 1. The molecule has 1 saturated heterocycles. The van der Waals surface area contributed by atoms with Crippen LogP contribution in [0.25, 0.3) is 0 Å². The molecule has 5 nitrogen and oxygen atoms in total. The van der Waals surface area contributed by atoms with E-state index in [9.17, 15) is 0 Å². The van der Waals surface area contributed by atoms with E-state index >= 15 is 0 Å². The van der Waals surface area contributed by atoms with E-state index in [0.717, 1.165) is 61.9 Å². The van der Waals surface area contributed by atoms with Crippen molar-refractivity contribution in [1.82, 2.24) is 9.80 Å². The molecule has 0 unspecified atom stereocenters. The van der Waals surface area contributed by atoms with Crippen molar-refractivity contribution in [3.8, 4) is 0 Å². The fourth-order valence-corrected chi connectivity index (χ4v) is 5.09. The molecule has 38 heavy (non-hydrogen) atoms. The van der Waals surface area contributed by atoms with Gasteiger partial charge in [-0.05, 0) is 75.9 Å². The van der Waals surface area contributed by atoms with Crippen molar-refractivity contribution in [2.24, 2.45) is 9.98 Å².